The molecule has 2 rings (SSSR count). The van der Waals surface area contributed by atoms with Crippen molar-refractivity contribution < 1.29 is 22.3 Å². The summed E-state index contributed by atoms with van der Waals surface area (Å²) in [4.78, 5) is 12.1. The minimum absolute atomic E-state index is 0.339. The quantitative estimate of drug-likeness (QED) is 0.916. The van der Waals surface area contributed by atoms with Crippen LogP contribution in [0.3, 0.4) is 0 Å². The Morgan fingerprint density at radius 1 is 1.36 bits per heavy atom. The summed E-state index contributed by atoms with van der Waals surface area (Å²) in [6.45, 7) is 2.71. The van der Waals surface area contributed by atoms with E-state index in [1.165, 1.54) is 18.2 Å². The number of amides is 1. The Hall–Kier alpha value is -1.47. The zero-order valence-electron chi connectivity index (χ0n) is 12.5. The molecule has 7 heteroatoms. The maximum atomic E-state index is 13.0. The molecule has 1 aliphatic heterocycles. The summed E-state index contributed by atoms with van der Waals surface area (Å²) < 4.78 is 44.7. The number of carbonyl (C=O) groups is 1. The molecule has 0 aliphatic carbocycles. The molecule has 1 aromatic carbocycles. The van der Waals surface area contributed by atoms with Crippen molar-refractivity contribution in [2.75, 3.05) is 13.2 Å². The predicted octanol–water partition coefficient (Wildman–Crippen LogP) is 1.90. The third kappa shape index (κ3) is 4.78. The Labute approximate surface area is 129 Å². The molecule has 1 fully saturated rings. The van der Waals surface area contributed by atoms with Crippen LogP contribution in [0.1, 0.15) is 30.4 Å². The number of sulfonamides is 1. The van der Waals surface area contributed by atoms with Crippen molar-refractivity contribution in [3.05, 3.63) is 35.1 Å². The van der Waals surface area contributed by atoms with Gasteiger partial charge in [-0.15, -0.1) is 0 Å². The largest absolute Gasteiger partial charge is 0.381 e. The molecule has 1 aromatic rings. The molecular weight excluding hydrogens is 309 g/mol. The summed E-state index contributed by atoms with van der Waals surface area (Å²) in [5.74, 6) is -1.58. The zero-order valence-corrected chi connectivity index (χ0v) is 13.3. The van der Waals surface area contributed by atoms with Gasteiger partial charge < -0.3 is 4.74 Å². The molecule has 0 saturated carbocycles. The van der Waals surface area contributed by atoms with Crippen molar-refractivity contribution in [3.8, 4) is 0 Å². The molecule has 22 heavy (non-hydrogen) atoms. The molecule has 1 unspecified atom stereocenters. The SMILES string of the molecule is Cc1cc(F)ccc1CS(=O)(=O)NC(=O)C1CCCOCC1. The first-order valence-electron chi connectivity index (χ1n) is 7.24. The van der Waals surface area contributed by atoms with Crippen LogP contribution in [0.25, 0.3) is 0 Å². The highest BCUT2D eigenvalue weighted by atomic mass is 32.2. The molecule has 5 nitrogen and oxygen atoms in total. The Morgan fingerprint density at radius 3 is 2.86 bits per heavy atom. The molecule has 0 radical (unpaired) electrons. The summed E-state index contributed by atoms with van der Waals surface area (Å²) in [7, 11) is -3.79. The smallest absolute Gasteiger partial charge is 0.239 e. The minimum atomic E-state index is -3.79. The number of aryl methyl sites for hydroxylation is 1. The van der Waals surface area contributed by atoms with E-state index in [0.29, 0.717) is 37.2 Å². The van der Waals surface area contributed by atoms with Crippen molar-refractivity contribution in [2.24, 2.45) is 5.92 Å². The third-order valence-corrected chi connectivity index (χ3v) is 4.93. The summed E-state index contributed by atoms with van der Waals surface area (Å²) in [5, 5.41) is 0. The minimum Gasteiger partial charge on any atom is -0.381 e. The van der Waals surface area contributed by atoms with Gasteiger partial charge >= 0.3 is 0 Å². The lowest BCUT2D eigenvalue weighted by atomic mass is 10.0. The van der Waals surface area contributed by atoms with Crippen molar-refractivity contribution >= 4 is 15.9 Å². The number of hydrogen-bond donors (Lipinski definition) is 1. The van der Waals surface area contributed by atoms with E-state index in [9.17, 15) is 17.6 Å². The van der Waals surface area contributed by atoms with Gasteiger partial charge in [0.05, 0.1) is 5.75 Å². The van der Waals surface area contributed by atoms with Gasteiger partial charge in [-0.05, 0) is 49.4 Å². The van der Waals surface area contributed by atoms with Gasteiger partial charge in [-0.2, -0.15) is 0 Å². The monoisotopic (exact) mass is 329 g/mol. The Bertz CT molecular complexity index is 637. The molecule has 0 aromatic heterocycles. The molecule has 1 amide bonds. The summed E-state index contributed by atoms with van der Waals surface area (Å²) in [5.41, 5.74) is 1.02. The van der Waals surface area contributed by atoms with Crippen molar-refractivity contribution in [1.82, 2.24) is 4.72 Å². The van der Waals surface area contributed by atoms with Crippen molar-refractivity contribution in [2.45, 2.75) is 31.9 Å². The van der Waals surface area contributed by atoms with E-state index in [0.717, 1.165) is 6.42 Å². The van der Waals surface area contributed by atoms with E-state index >= 15 is 0 Å². The maximum absolute atomic E-state index is 13.0. The highest BCUT2D eigenvalue weighted by molar-refractivity contribution is 7.89. The summed E-state index contributed by atoms with van der Waals surface area (Å²) >= 11 is 0. The highest BCUT2D eigenvalue weighted by Gasteiger charge is 2.25. The topological polar surface area (TPSA) is 72.5 Å². The lowest BCUT2D eigenvalue weighted by Gasteiger charge is -2.14. The molecule has 122 valence electrons. The van der Waals surface area contributed by atoms with Gasteiger partial charge in [-0.1, -0.05) is 6.07 Å². The second-order valence-corrected chi connectivity index (χ2v) is 7.26. The Morgan fingerprint density at radius 2 is 2.14 bits per heavy atom. The van der Waals surface area contributed by atoms with E-state index < -0.39 is 21.7 Å². The first-order valence-corrected chi connectivity index (χ1v) is 8.90. The van der Waals surface area contributed by atoms with Crippen LogP contribution in [-0.2, 0) is 25.3 Å². The average Bonchev–Trinajstić information content (AvgIpc) is 2.70. The first-order chi connectivity index (χ1) is 10.4. The predicted molar refractivity (Wildman–Crippen MR) is 80.1 cm³/mol. The fourth-order valence-corrected chi connectivity index (χ4v) is 3.74. The molecule has 1 heterocycles. The summed E-state index contributed by atoms with van der Waals surface area (Å²) in [6.07, 6.45) is 1.89. The normalized spacial score (nSPS) is 19.5. The van der Waals surface area contributed by atoms with Gasteiger partial charge in [0.1, 0.15) is 5.82 Å². The highest BCUT2D eigenvalue weighted by Crippen LogP contribution is 2.17. The van der Waals surface area contributed by atoms with Crippen molar-refractivity contribution in [3.63, 3.8) is 0 Å². The van der Waals surface area contributed by atoms with E-state index in [4.69, 9.17) is 4.74 Å². The van der Waals surface area contributed by atoms with Crippen LogP contribution >= 0.6 is 0 Å². The van der Waals surface area contributed by atoms with Crippen LogP contribution in [0.15, 0.2) is 18.2 Å². The lowest BCUT2D eigenvalue weighted by molar-refractivity contribution is -0.123. The fraction of sp³-hybridized carbons (Fsp3) is 0.533. The van der Waals surface area contributed by atoms with Crippen LogP contribution in [0, 0.1) is 18.7 Å². The van der Waals surface area contributed by atoms with Gasteiger partial charge in [0.2, 0.25) is 15.9 Å². The second kappa shape index (κ2) is 7.19. The Balaban J connectivity index is 2.02. The van der Waals surface area contributed by atoms with Crippen LogP contribution in [0.2, 0.25) is 0 Å². The maximum Gasteiger partial charge on any atom is 0.239 e. The first kappa shape index (κ1) is 16.9. The molecule has 0 bridgehead atoms. The van der Waals surface area contributed by atoms with E-state index in [-0.39, 0.29) is 11.7 Å². The Kier molecular flexibility index (Phi) is 5.52. The van der Waals surface area contributed by atoms with Crippen LogP contribution < -0.4 is 4.72 Å². The van der Waals surface area contributed by atoms with E-state index in [2.05, 4.69) is 4.72 Å². The molecule has 1 atom stereocenters. The standard InChI is InChI=1S/C15H20FNO4S/c1-11-9-14(16)5-4-13(11)10-22(19,20)17-15(18)12-3-2-7-21-8-6-12/h4-5,9,12H,2-3,6-8,10H2,1H3,(H,17,18). The number of nitrogens with one attached hydrogen (secondary N) is 1. The molecule has 1 aliphatic rings. The number of carbonyl (C=O) groups excluding carboxylic acids is 1. The zero-order chi connectivity index (χ0) is 16.2. The molecule has 1 N–H and O–H groups in total. The molecule has 1 saturated heterocycles. The number of hydrogen-bond acceptors (Lipinski definition) is 4. The lowest BCUT2D eigenvalue weighted by Crippen LogP contribution is -2.36. The number of benzene rings is 1. The van der Waals surface area contributed by atoms with Crippen LogP contribution in [-0.4, -0.2) is 27.5 Å². The molecule has 0 spiro atoms. The van der Waals surface area contributed by atoms with Crippen molar-refractivity contribution in [1.29, 1.82) is 0 Å². The number of rotatable bonds is 4. The molecular formula is C15H20FNO4S. The average molecular weight is 329 g/mol. The van der Waals surface area contributed by atoms with Crippen LogP contribution in [0.4, 0.5) is 4.39 Å². The van der Waals surface area contributed by atoms with E-state index in [1.807, 2.05) is 0 Å². The second-order valence-electron chi connectivity index (χ2n) is 5.54. The van der Waals surface area contributed by atoms with Gasteiger partial charge in [0, 0.05) is 19.1 Å². The van der Waals surface area contributed by atoms with E-state index in [1.54, 1.807) is 6.92 Å². The van der Waals surface area contributed by atoms with Gasteiger partial charge in [-0.25, -0.2) is 12.8 Å². The van der Waals surface area contributed by atoms with Crippen LogP contribution in [0.5, 0.6) is 0 Å². The fourth-order valence-electron chi connectivity index (χ4n) is 2.46. The number of halogens is 1. The van der Waals surface area contributed by atoms with Gasteiger partial charge in [0.25, 0.3) is 0 Å². The third-order valence-electron chi connectivity index (χ3n) is 3.73. The van der Waals surface area contributed by atoms with Gasteiger partial charge in [-0.3, -0.25) is 9.52 Å². The van der Waals surface area contributed by atoms with Gasteiger partial charge in [0.15, 0.2) is 0 Å². The summed E-state index contributed by atoms with van der Waals surface area (Å²) in [6, 6.07) is 3.91. The number of ether oxygens (including phenoxy) is 1.